The minimum atomic E-state index is 0.169. The monoisotopic (exact) mass is 330 g/mol. The van der Waals surface area contributed by atoms with Crippen LogP contribution in [-0.2, 0) is 4.79 Å². The molecule has 0 unspecified atom stereocenters. The largest absolute Gasteiger partial charge is 0.492 e. The van der Waals surface area contributed by atoms with Crippen molar-refractivity contribution in [2.24, 2.45) is 5.73 Å². The predicted molar refractivity (Wildman–Crippen MR) is 85.0 cm³/mol. The van der Waals surface area contributed by atoms with Crippen molar-refractivity contribution in [3.8, 4) is 5.75 Å². The summed E-state index contributed by atoms with van der Waals surface area (Å²) >= 11 is 11.9. The molecule has 1 amide bonds. The lowest BCUT2D eigenvalue weighted by Crippen LogP contribution is -2.42. The molecule has 0 saturated carbocycles. The minimum absolute atomic E-state index is 0.169. The Hall–Kier alpha value is -0.970. The van der Waals surface area contributed by atoms with E-state index in [1.807, 2.05) is 4.90 Å². The van der Waals surface area contributed by atoms with E-state index in [2.05, 4.69) is 0 Å². The summed E-state index contributed by atoms with van der Waals surface area (Å²) in [5, 5.41) is 0.880. The van der Waals surface area contributed by atoms with Crippen molar-refractivity contribution in [1.29, 1.82) is 0 Å². The average molecular weight is 331 g/mol. The molecule has 1 aliphatic rings. The highest BCUT2D eigenvalue weighted by molar-refractivity contribution is 6.42. The van der Waals surface area contributed by atoms with Gasteiger partial charge in [-0.2, -0.15) is 0 Å². The van der Waals surface area contributed by atoms with Crippen molar-refractivity contribution in [1.82, 2.24) is 4.90 Å². The SMILES string of the molecule is NC1CCN(C(=O)CCCOc2cccc(Cl)c2Cl)CC1. The number of ether oxygens (including phenoxy) is 1. The summed E-state index contributed by atoms with van der Waals surface area (Å²) in [6.45, 7) is 1.97. The molecule has 6 heteroatoms. The molecule has 1 fully saturated rings. The summed E-state index contributed by atoms with van der Waals surface area (Å²) in [6.07, 6.45) is 2.92. The summed E-state index contributed by atoms with van der Waals surface area (Å²) < 4.78 is 5.57. The van der Waals surface area contributed by atoms with E-state index in [-0.39, 0.29) is 11.9 Å². The molecule has 1 heterocycles. The maximum absolute atomic E-state index is 12.0. The molecular weight excluding hydrogens is 311 g/mol. The second-order valence-electron chi connectivity index (χ2n) is 5.22. The fourth-order valence-electron chi connectivity index (χ4n) is 2.31. The van der Waals surface area contributed by atoms with Gasteiger partial charge >= 0.3 is 0 Å². The van der Waals surface area contributed by atoms with Crippen LogP contribution < -0.4 is 10.5 Å². The molecule has 0 spiro atoms. The number of nitrogens with two attached hydrogens (primary N) is 1. The maximum Gasteiger partial charge on any atom is 0.222 e. The van der Waals surface area contributed by atoms with E-state index in [1.54, 1.807) is 18.2 Å². The number of nitrogens with zero attached hydrogens (tertiary/aromatic N) is 1. The third-order valence-electron chi connectivity index (χ3n) is 3.60. The molecule has 1 aliphatic heterocycles. The average Bonchev–Trinajstić information content (AvgIpc) is 2.48. The fraction of sp³-hybridized carbons (Fsp3) is 0.533. The number of hydrogen-bond acceptors (Lipinski definition) is 3. The van der Waals surface area contributed by atoms with Crippen molar-refractivity contribution >= 4 is 29.1 Å². The predicted octanol–water partition coefficient (Wildman–Crippen LogP) is 3.10. The zero-order valence-electron chi connectivity index (χ0n) is 11.9. The van der Waals surface area contributed by atoms with Crippen LogP contribution in [0.15, 0.2) is 18.2 Å². The first-order valence-corrected chi connectivity index (χ1v) is 7.93. The van der Waals surface area contributed by atoms with Crippen molar-refractivity contribution in [3.05, 3.63) is 28.2 Å². The molecule has 0 bridgehead atoms. The van der Waals surface area contributed by atoms with Crippen LogP contribution in [0.5, 0.6) is 5.75 Å². The van der Waals surface area contributed by atoms with Crippen molar-refractivity contribution in [3.63, 3.8) is 0 Å². The number of benzene rings is 1. The van der Waals surface area contributed by atoms with Crippen LogP contribution in [0, 0.1) is 0 Å². The Kier molecular flexibility index (Phi) is 6.15. The van der Waals surface area contributed by atoms with Crippen LogP contribution in [-0.4, -0.2) is 36.5 Å². The van der Waals surface area contributed by atoms with Gasteiger partial charge in [0.25, 0.3) is 0 Å². The Labute approximate surface area is 135 Å². The zero-order chi connectivity index (χ0) is 15.2. The topological polar surface area (TPSA) is 55.6 Å². The number of piperidine rings is 1. The van der Waals surface area contributed by atoms with Crippen molar-refractivity contribution < 1.29 is 9.53 Å². The zero-order valence-corrected chi connectivity index (χ0v) is 13.4. The summed E-state index contributed by atoms with van der Waals surface area (Å²) in [7, 11) is 0. The number of amides is 1. The first-order valence-electron chi connectivity index (χ1n) is 7.18. The highest BCUT2D eigenvalue weighted by Crippen LogP contribution is 2.31. The third kappa shape index (κ3) is 4.77. The van der Waals surface area contributed by atoms with E-state index >= 15 is 0 Å². The normalized spacial score (nSPS) is 16.0. The fourth-order valence-corrected chi connectivity index (χ4v) is 2.65. The van der Waals surface area contributed by atoms with Gasteiger partial charge in [0, 0.05) is 25.6 Å². The van der Waals surface area contributed by atoms with E-state index in [0.29, 0.717) is 35.2 Å². The first-order chi connectivity index (χ1) is 10.1. The van der Waals surface area contributed by atoms with Gasteiger partial charge in [-0.05, 0) is 31.4 Å². The molecule has 116 valence electrons. The van der Waals surface area contributed by atoms with Crippen molar-refractivity contribution in [2.45, 2.75) is 31.7 Å². The van der Waals surface area contributed by atoms with E-state index in [9.17, 15) is 4.79 Å². The Morgan fingerprint density at radius 3 is 2.76 bits per heavy atom. The Bertz CT molecular complexity index is 489. The number of carbonyl (C=O) groups is 1. The second kappa shape index (κ2) is 7.87. The van der Waals surface area contributed by atoms with E-state index in [0.717, 1.165) is 25.9 Å². The molecule has 0 aliphatic carbocycles. The molecule has 2 N–H and O–H groups in total. The van der Waals surface area contributed by atoms with Gasteiger partial charge in [0.2, 0.25) is 5.91 Å². The summed E-state index contributed by atoms with van der Waals surface area (Å²) in [5.74, 6) is 0.725. The third-order valence-corrected chi connectivity index (χ3v) is 4.40. The summed E-state index contributed by atoms with van der Waals surface area (Å²) in [5.41, 5.74) is 5.83. The maximum atomic E-state index is 12.0. The molecular formula is C15H20Cl2N2O2. The van der Waals surface area contributed by atoms with Crippen LogP contribution in [0.2, 0.25) is 10.0 Å². The second-order valence-corrected chi connectivity index (χ2v) is 6.01. The van der Waals surface area contributed by atoms with Gasteiger partial charge in [0.05, 0.1) is 11.6 Å². The van der Waals surface area contributed by atoms with E-state index in [4.69, 9.17) is 33.7 Å². The summed E-state index contributed by atoms with van der Waals surface area (Å²) in [6, 6.07) is 5.50. The number of halogens is 2. The molecule has 2 rings (SSSR count). The molecule has 1 saturated heterocycles. The number of likely N-dealkylation sites (tertiary alicyclic amines) is 1. The molecule has 0 atom stereocenters. The molecule has 4 nitrogen and oxygen atoms in total. The standard InChI is InChI=1S/C15H20Cl2N2O2/c16-12-3-1-4-13(15(12)17)21-10-2-5-14(20)19-8-6-11(18)7-9-19/h1,3-4,11H,2,5-10,18H2. The van der Waals surface area contributed by atoms with Crippen LogP contribution >= 0.6 is 23.2 Å². The molecule has 1 aromatic rings. The Morgan fingerprint density at radius 2 is 2.05 bits per heavy atom. The summed E-state index contributed by atoms with van der Waals surface area (Å²) in [4.78, 5) is 13.9. The van der Waals surface area contributed by atoms with E-state index in [1.165, 1.54) is 0 Å². The first kappa shape index (κ1) is 16.4. The molecule has 0 aromatic heterocycles. The quantitative estimate of drug-likeness (QED) is 0.844. The van der Waals surface area contributed by atoms with Crippen molar-refractivity contribution in [2.75, 3.05) is 19.7 Å². The van der Waals surface area contributed by atoms with Crippen LogP contribution in [0.25, 0.3) is 0 Å². The lowest BCUT2D eigenvalue weighted by Gasteiger charge is -2.30. The Morgan fingerprint density at radius 1 is 1.33 bits per heavy atom. The van der Waals surface area contributed by atoms with Gasteiger partial charge in [-0.15, -0.1) is 0 Å². The lowest BCUT2D eigenvalue weighted by atomic mass is 10.1. The van der Waals surface area contributed by atoms with Gasteiger partial charge < -0.3 is 15.4 Å². The lowest BCUT2D eigenvalue weighted by molar-refractivity contribution is -0.132. The highest BCUT2D eigenvalue weighted by Gasteiger charge is 2.19. The number of hydrogen-bond donors (Lipinski definition) is 1. The van der Waals surface area contributed by atoms with Crippen LogP contribution in [0.3, 0.4) is 0 Å². The van der Waals surface area contributed by atoms with Crippen LogP contribution in [0.1, 0.15) is 25.7 Å². The van der Waals surface area contributed by atoms with Gasteiger partial charge in [-0.1, -0.05) is 29.3 Å². The number of rotatable bonds is 5. The van der Waals surface area contributed by atoms with Gasteiger partial charge in [0.1, 0.15) is 10.8 Å². The molecule has 21 heavy (non-hydrogen) atoms. The number of carbonyl (C=O) groups excluding carboxylic acids is 1. The highest BCUT2D eigenvalue weighted by atomic mass is 35.5. The smallest absolute Gasteiger partial charge is 0.222 e. The molecule has 0 radical (unpaired) electrons. The Balaban J connectivity index is 1.70. The molecule has 1 aromatic carbocycles. The van der Waals surface area contributed by atoms with Gasteiger partial charge in [0.15, 0.2) is 0 Å². The van der Waals surface area contributed by atoms with Gasteiger partial charge in [-0.25, -0.2) is 0 Å². The van der Waals surface area contributed by atoms with Gasteiger partial charge in [-0.3, -0.25) is 4.79 Å². The minimum Gasteiger partial charge on any atom is -0.492 e. The van der Waals surface area contributed by atoms with Crippen LogP contribution in [0.4, 0.5) is 0 Å². The van der Waals surface area contributed by atoms with E-state index < -0.39 is 0 Å².